The molecule has 1 atom stereocenters. The summed E-state index contributed by atoms with van der Waals surface area (Å²) in [4.78, 5) is 23.0. The lowest BCUT2D eigenvalue weighted by atomic mass is 9.98. The van der Waals surface area contributed by atoms with Gasteiger partial charge in [0.15, 0.2) is 0 Å². The third kappa shape index (κ3) is 5.51. The predicted molar refractivity (Wildman–Crippen MR) is 102 cm³/mol. The first-order chi connectivity index (χ1) is 12.0. The van der Waals surface area contributed by atoms with Gasteiger partial charge < -0.3 is 21.5 Å². The van der Waals surface area contributed by atoms with Crippen molar-refractivity contribution in [2.24, 2.45) is 5.73 Å². The Balaban J connectivity index is 2.32. The van der Waals surface area contributed by atoms with E-state index in [1.807, 2.05) is 36.4 Å². The van der Waals surface area contributed by atoms with Crippen LogP contribution < -0.4 is 16.4 Å². The lowest BCUT2D eigenvalue weighted by molar-refractivity contribution is -0.135. The van der Waals surface area contributed by atoms with Crippen LogP contribution in [0.15, 0.2) is 48.5 Å². The summed E-state index contributed by atoms with van der Waals surface area (Å²) < 4.78 is 0. The number of aliphatic carboxylic acids is 1. The molecule has 2 rings (SSSR count). The molecule has 0 spiro atoms. The molecular weight excluding hydrogens is 338 g/mol. The molecule has 0 radical (unpaired) electrons. The largest absolute Gasteiger partial charge is 0.480 e. The molecule has 0 aliphatic heterocycles. The van der Waals surface area contributed by atoms with Gasteiger partial charge in [-0.2, -0.15) is 12.6 Å². The lowest BCUT2D eigenvalue weighted by Crippen LogP contribution is -2.31. The van der Waals surface area contributed by atoms with Crippen LogP contribution in [0.1, 0.15) is 10.4 Å². The molecule has 2 aromatic rings. The molecule has 0 aromatic heterocycles. The quantitative estimate of drug-likeness (QED) is 0.463. The smallest absolute Gasteiger partial charge is 0.322 e. The molecule has 0 heterocycles. The molecule has 2 aromatic carbocycles. The first-order valence-electron chi connectivity index (χ1n) is 7.81. The molecule has 132 valence electrons. The fourth-order valence-corrected chi connectivity index (χ4v) is 2.40. The molecule has 25 heavy (non-hydrogen) atoms. The number of nitrogens with one attached hydrogen (secondary N) is 2. The Hall–Kier alpha value is -2.51. The van der Waals surface area contributed by atoms with E-state index < -0.39 is 18.4 Å². The average Bonchev–Trinajstić information content (AvgIpc) is 2.64. The van der Waals surface area contributed by atoms with Crippen LogP contribution in [-0.2, 0) is 4.79 Å². The van der Waals surface area contributed by atoms with E-state index in [0.29, 0.717) is 23.4 Å². The number of carboxylic acid groups (broad SMARTS) is 1. The summed E-state index contributed by atoms with van der Waals surface area (Å²) in [5.41, 5.74) is 8.68. The maximum atomic E-state index is 12.3. The Labute approximate surface area is 151 Å². The zero-order chi connectivity index (χ0) is 18.2. The van der Waals surface area contributed by atoms with Crippen molar-refractivity contribution in [1.29, 1.82) is 0 Å². The number of amides is 1. The zero-order valence-corrected chi connectivity index (χ0v) is 14.5. The van der Waals surface area contributed by atoms with E-state index in [-0.39, 0.29) is 6.04 Å². The fraction of sp³-hybridized carbons (Fsp3) is 0.222. The van der Waals surface area contributed by atoms with E-state index in [0.717, 1.165) is 11.3 Å². The van der Waals surface area contributed by atoms with Gasteiger partial charge in [-0.25, -0.2) is 0 Å². The zero-order valence-electron chi connectivity index (χ0n) is 13.6. The van der Waals surface area contributed by atoms with Crippen molar-refractivity contribution in [3.63, 3.8) is 0 Å². The first-order valence-corrected chi connectivity index (χ1v) is 8.44. The lowest BCUT2D eigenvalue weighted by Gasteiger charge is -2.15. The molecule has 1 amide bonds. The summed E-state index contributed by atoms with van der Waals surface area (Å²) in [6.07, 6.45) is 0. The van der Waals surface area contributed by atoms with Gasteiger partial charge in [0.25, 0.3) is 5.91 Å². The molecule has 5 N–H and O–H groups in total. The second-order valence-electron chi connectivity index (χ2n) is 5.53. The monoisotopic (exact) mass is 359 g/mol. The Bertz CT molecular complexity index is 738. The number of carbonyl (C=O) groups is 2. The topological polar surface area (TPSA) is 104 Å². The van der Waals surface area contributed by atoms with Crippen LogP contribution in [0, 0.1) is 0 Å². The van der Waals surface area contributed by atoms with Crippen molar-refractivity contribution in [2.75, 3.05) is 24.2 Å². The van der Waals surface area contributed by atoms with E-state index in [9.17, 15) is 9.59 Å². The third-order valence-electron chi connectivity index (χ3n) is 3.55. The van der Waals surface area contributed by atoms with E-state index in [4.69, 9.17) is 10.8 Å². The number of benzene rings is 2. The molecule has 7 heteroatoms. The van der Waals surface area contributed by atoms with Crippen LogP contribution in [0.25, 0.3) is 11.1 Å². The minimum absolute atomic E-state index is 0.0814. The summed E-state index contributed by atoms with van der Waals surface area (Å²) in [6, 6.07) is 14.7. The molecule has 0 saturated heterocycles. The van der Waals surface area contributed by atoms with Gasteiger partial charge in [-0.05, 0) is 29.3 Å². The van der Waals surface area contributed by atoms with Crippen LogP contribution in [-0.4, -0.2) is 41.9 Å². The number of hydrogen-bond donors (Lipinski definition) is 5. The summed E-state index contributed by atoms with van der Waals surface area (Å²) >= 11 is 4.16. The number of carboxylic acids is 1. The van der Waals surface area contributed by atoms with Gasteiger partial charge >= 0.3 is 5.97 Å². The average molecular weight is 359 g/mol. The number of carbonyl (C=O) groups excluding carboxylic acids is 1. The number of rotatable bonds is 8. The van der Waals surface area contributed by atoms with Crippen molar-refractivity contribution >= 4 is 30.2 Å². The summed E-state index contributed by atoms with van der Waals surface area (Å²) in [5, 5.41) is 14.4. The van der Waals surface area contributed by atoms with Gasteiger partial charge in [0, 0.05) is 29.6 Å². The molecule has 0 fully saturated rings. The highest BCUT2D eigenvalue weighted by Crippen LogP contribution is 2.27. The van der Waals surface area contributed by atoms with E-state index >= 15 is 0 Å². The number of anilines is 1. The van der Waals surface area contributed by atoms with Gasteiger partial charge in [0.05, 0.1) is 0 Å². The maximum absolute atomic E-state index is 12.3. The molecule has 6 nitrogen and oxygen atoms in total. The minimum Gasteiger partial charge on any atom is -0.480 e. The molecule has 0 aliphatic rings. The number of hydrogen-bond acceptors (Lipinski definition) is 5. The minimum atomic E-state index is -1.09. The Kier molecular flexibility index (Phi) is 6.85. The number of thiol groups is 1. The van der Waals surface area contributed by atoms with Gasteiger partial charge in [-0.3, -0.25) is 9.59 Å². The van der Waals surface area contributed by atoms with Crippen molar-refractivity contribution in [2.45, 2.75) is 6.04 Å². The highest BCUT2D eigenvalue weighted by Gasteiger charge is 2.14. The van der Waals surface area contributed by atoms with E-state index in [1.165, 1.54) is 0 Å². The van der Waals surface area contributed by atoms with Gasteiger partial charge in [0.1, 0.15) is 6.54 Å². The van der Waals surface area contributed by atoms with Gasteiger partial charge in [-0.1, -0.05) is 30.3 Å². The molecular formula is C18H21N3O3S. The molecule has 0 saturated carbocycles. The highest BCUT2D eigenvalue weighted by atomic mass is 32.1. The van der Waals surface area contributed by atoms with Crippen LogP contribution in [0.2, 0.25) is 0 Å². The molecule has 0 aliphatic carbocycles. The highest BCUT2D eigenvalue weighted by molar-refractivity contribution is 7.80. The SMILES string of the molecule is NC(CS)CNc1ccc(C(=O)NCC(=O)O)c(-c2ccccc2)c1. The maximum Gasteiger partial charge on any atom is 0.322 e. The van der Waals surface area contributed by atoms with Gasteiger partial charge in [0.2, 0.25) is 0 Å². The van der Waals surface area contributed by atoms with E-state index in [1.54, 1.807) is 12.1 Å². The first kappa shape index (κ1) is 18.8. The molecule has 1 unspecified atom stereocenters. The predicted octanol–water partition coefficient (Wildman–Crippen LogP) is 1.84. The summed E-state index contributed by atoms with van der Waals surface area (Å²) in [6.45, 7) is 0.131. The van der Waals surface area contributed by atoms with Crippen molar-refractivity contribution < 1.29 is 14.7 Å². The van der Waals surface area contributed by atoms with Gasteiger partial charge in [-0.15, -0.1) is 0 Å². The third-order valence-corrected chi connectivity index (χ3v) is 4.02. The molecule has 0 bridgehead atoms. The standard InChI is InChI=1S/C18H21N3O3S/c19-13(11-25)9-20-14-6-7-15(18(24)21-10-17(22)23)16(8-14)12-4-2-1-3-5-12/h1-8,13,20,25H,9-11,19H2,(H,21,24)(H,22,23). The summed E-state index contributed by atoms with van der Waals surface area (Å²) in [7, 11) is 0. The van der Waals surface area contributed by atoms with Crippen LogP contribution in [0.5, 0.6) is 0 Å². The Morgan fingerprint density at radius 2 is 1.88 bits per heavy atom. The second kappa shape index (κ2) is 9.10. The summed E-state index contributed by atoms with van der Waals surface area (Å²) in [5.74, 6) is -0.956. The van der Waals surface area contributed by atoms with Crippen molar-refractivity contribution in [1.82, 2.24) is 5.32 Å². The van der Waals surface area contributed by atoms with Crippen LogP contribution in [0.4, 0.5) is 5.69 Å². The Morgan fingerprint density at radius 1 is 1.16 bits per heavy atom. The van der Waals surface area contributed by atoms with Crippen LogP contribution >= 0.6 is 12.6 Å². The van der Waals surface area contributed by atoms with E-state index in [2.05, 4.69) is 23.3 Å². The van der Waals surface area contributed by atoms with Crippen molar-refractivity contribution in [3.8, 4) is 11.1 Å². The fourth-order valence-electron chi connectivity index (χ4n) is 2.27. The second-order valence-corrected chi connectivity index (χ2v) is 5.89. The van der Waals surface area contributed by atoms with Crippen molar-refractivity contribution in [3.05, 3.63) is 54.1 Å². The number of nitrogens with two attached hydrogens (primary N) is 1. The van der Waals surface area contributed by atoms with Crippen LogP contribution in [0.3, 0.4) is 0 Å². The normalized spacial score (nSPS) is 11.6. The Morgan fingerprint density at radius 3 is 2.52 bits per heavy atom.